The first kappa shape index (κ1) is 17.6. The van der Waals surface area contributed by atoms with Crippen LogP contribution in [0.3, 0.4) is 0 Å². The second kappa shape index (κ2) is 7.79. The molecule has 0 bridgehead atoms. The number of thioether (sulfide) groups is 1. The fourth-order valence-corrected chi connectivity index (χ4v) is 3.05. The number of hydrogen-bond donors (Lipinski definition) is 1. The lowest BCUT2D eigenvalue weighted by atomic mass is 10.2. The molecule has 1 amide bonds. The number of aromatic nitrogens is 2. The molecule has 132 valence electrons. The SMILES string of the molecule is O=C(CSc1nccn1-c1cccc(F)c1)Nc1ccccc1[N+](=O)[O-]. The highest BCUT2D eigenvalue weighted by Crippen LogP contribution is 2.25. The molecule has 0 fully saturated rings. The second-order valence-corrected chi connectivity index (χ2v) is 6.11. The van der Waals surface area contributed by atoms with Crippen LogP contribution in [0.25, 0.3) is 5.69 Å². The third kappa shape index (κ3) is 4.06. The lowest BCUT2D eigenvalue weighted by Crippen LogP contribution is -2.15. The van der Waals surface area contributed by atoms with Crippen molar-refractivity contribution in [3.8, 4) is 5.69 Å². The summed E-state index contributed by atoms with van der Waals surface area (Å²) in [5, 5.41) is 14.0. The Morgan fingerprint density at radius 1 is 1.27 bits per heavy atom. The first-order chi connectivity index (χ1) is 12.5. The molecule has 9 heteroatoms. The molecule has 0 atom stereocenters. The highest BCUT2D eigenvalue weighted by molar-refractivity contribution is 7.99. The van der Waals surface area contributed by atoms with Gasteiger partial charge in [-0.1, -0.05) is 30.0 Å². The van der Waals surface area contributed by atoms with Gasteiger partial charge in [-0.3, -0.25) is 19.5 Å². The van der Waals surface area contributed by atoms with Crippen LogP contribution in [0.4, 0.5) is 15.8 Å². The summed E-state index contributed by atoms with van der Waals surface area (Å²) in [5.74, 6) is -0.780. The number of nitro groups is 1. The van der Waals surface area contributed by atoms with Gasteiger partial charge in [-0.15, -0.1) is 0 Å². The summed E-state index contributed by atoms with van der Waals surface area (Å²) in [6, 6.07) is 11.9. The van der Waals surface area contributed by atoms with Gasteiger partial charge in [0.15, 0.2) is 5.16 Å². The minimum absolute atomic E-state index is 0.00161. The van der Waals surface area contributed by atoms with Crippen molar-refractivity contribution in [2.75, 3.05) is 11.1 Å². The molecule has 0 spiro atoms. The minimum Gasteiger partial charge on any atom is -0.320 e. The number of benzene rings is 2. The van der Waals surface area contributed by atoms with Crippen molar-refractivity contribution in [1.82, 2.24) is 9.55 Å². The maximum absolute atomic E-state index is 13.4. The van der Waals surface area contributed by atoms with Crippen molar-refractivity contribution >= 4 is 29.0 Å². The minimum atomic E-state index is -0.556. The number of amides is 1. The van der Waals surface area contributed by atoms with Gasteiger partial charge in [0.2, 0.25) is 5.91 Å². The number of hydrogen-bond acceptors (Lipinski definition) is 5. The molecule has 0 aliphatic rings. The predicted octanol–water partition coefficient (Wildman–Crippen LogP) is 3.65. The summed E-state index contributed by atoms with van der Waals surface area (Å²) in [7, 11) is 0. The summed E-state index contributed by atoms with van der Waals surface area (Å²) in [5.41, 5.74) is 0.549. The zero-order valence-corrected chi connectivity index (χ0v) is 14.1. The Morgan fingerprint density at radius 3 is 2.85 bits per heavy atom. The zero-order valence-electron chi connectivity index (χ0n) is 13.3. The topological polar surface area (TPSA) is 90.1 Å². The average molecular weight is 372 g/mol. The van der Waals surface area contributed by atoms with Gasteiger partial charge in [0, 0.05) is 18.5 Å². The van der Waals surface area contributed by atoms with Gasteiger partial charge in [-0.05, 0) is 24.3 Å². The Labute approximate surface area is 152 Å². The van der Waals surface area contributed by atoms with Crippen LogP contribution in [0.5, 0.6) is 0 Å². The number of rotatable bonds is 6. The van der Waals surface area contributed by atoms with Crippen LogP contribution in [0, 0.1) is 15.9 Å². The van der Waals surface area contributed by atoms with Crippen molar-refractivity contribution in [3.63, 3.8) is 0 Å². The predicted molar refractivity (Wildman–Crippen MR) is 96.0 cm³/mol. The van der Waals surface area contributed by atoms with Crippen LogP contribution in [0.15, 0.2) is 66.1 Å². The van der Waals surface area contributed by atoms with E-state index in [0.717, 1.165) is 11.8 Å². The summed E-state index contributed by atoms with van der Waals surface area (Å²) in [6.45, 7) is 0. The number of carbonyl (C=O) groups excluding carboxylic acids is 1. The van der Waals surface area contributed by atoms with Gasteiger partial charge < -0.3 is 5.32 Å². The molecule has 7 nitrogen and oxygen atoms in total. The maximum Gasteiger partial charge on any atom is 0.292 e. The molecular weight excluding hydrogens is 359 g/mol. The van der Waals surface area contributed by atoms with Gasteiger partial charge in [-0.25, -0.2) is 9.37 Å². The second-order valence-electron chi connectivity index (χ2n) is 5.17. The summed E-state index contributed by atoms with van der Waals surface area (Å²) >= 11 is 1.14. The van der Waals surface area contributed by atoms with E-state index in [2.05, 4.69) is 10.3 Å². The van der Waals surface area contributed by atoms with E-state index in [9.17, 15) is 19.3 Å². The smallest absolute Gasteiger partial charge is 0.292 e. The molecule has 0 saturated heterocycles. The largest absolute Gasteiger partial charge is 0.320 e. The van der Waals surface area contributed by atoms with E-state index in [1.165, 1.54) is 30.3 Å². The van der Waals surface area contributed by atoms with Crippen LogP contribution >= 0.6 is 11.8 Å². The van der Waals surface area contributed by atoms with Crippen molar-refractivity contribution < 1.29 is 14.1 Å². The molecule has 26 heavy (non-hydrogen) atoms. The molecule has 0 aliphatic heterocycles. The Kier molecular flexibility index (Phi) is 5.28. The Morgan fingerprint density at radius 2 is 2.08 bits per heavy atom. The van der Waals surface area contributed by atoms with Crippen LogP contribution in [-0.4, -0.2) is 26.1 Å². The fourth-order valence-electron chi connectivity index (χ4n) is 2.27. The van der Waals surface area contributed by atoms with E-state index < -0.39 is 10.8 Å². The number of halogens is 1. The highest BCUT2D eigenvalue weighted by Gasteiger charge is 2.15. The molecule has 0 radical (unpaired) electrons. The summed E-state index contributed by atoms with van der Waals surface area (Å²) in [6.07, 6.45) is 3.21. The normalized spacial score (nSPS) is 10.5. The van der Waals surface area contributed by atoms with Gasteiger partial charge in [0.1, 0.15) is 11.5 Å². The molecule has 1 heterocycles. The molecule has 0 unspecified atom stereocenters. The standard InChI is InChI=1S/C17H13FN4O3S/c18-12-4-3-5-13(10-12)21-9-8-19-17(21)26-11-16(23)20-14-6-1-2-7-15(14)22(24)25/h1-10H,11H2,(H,20,23). The van der Waals surface area contributed by atoms with Crippen LogP contribution < -0.4 is 5.32 Å². The Balaban J connectivity index is 1.68. The van der Waals surface area contributed by atoms with Gasteiger partial charge in [-0.2, -0.15) is 0 Å². The van der Waals surface area contributed by atoms with E-state index in [1.807, 2.05) is 0 Å². The number of anilines is 1. The molecule has 1 aromatic heterocycles. The molecule has 1 N–H and O–H groups in total. The molecule has 0 saturated carbocycles. The molecular formula is C17H13FN4O3S. The van der Waals surface area contributed by atoms with Crippen LogP contribution in [-0.2, 0) is 4.79 Å². The van der Waals surface area contributed by atoms with Gasteiger partial charge in [0.05, 0.1) is 16.4 Å². The fraction of sp³-hybridized carbons (Fsp3) is 0.0588. The van der Waals surface area contributed by atoms with E-state index in [0.29, 0.717) is 10.8 Å². The number of para-hydroxylation sites is 2. The van der Waals surface area contributed by atoms with Crippen LogP contribution in [0.1, 0.15) is 0 Å². The van der Waals surface area contributed by atoms with E-state index in [-0.39, 0.29) is 22.9 Å². The third-order valence-corrected chi connectivity index (χ3v) is 4.37. The monoisotopic (exact) mass is 372 g/mol. The molecule has 3 rings (SSSR count). The Bertz CT molecular complexity index is 960. The molecule has 2 aromatic carbocycles. The molecule has 0 aliphatic carbocycles. The van der Waals surface area contributed by atoms with E-state index in [1.54, 1.807) is 35.2 Å². The van der Waals surface area contributed by atoms with Crippen molar-refractivity contribution in [1.29, 1.82) is 0 Å². The lowest BCUT2D eigenvalue weighted by Gasteiger charge is -2.08. The number of nitro benzene ring substituents is 1. The van der Waals surface area contributed by atoms with Gasteiger partial charge >= 0.3 is 0 Å². The van der Waals surface area contributed by atoms with Crippen molar-refractivity contribution in [2.24, 2.45) is 0 Å². The van der Waals surface area contributed by atoms with E-state index >= 15 is 0 Å². The number of imidazole rings is 1. The third-order valence-electron chi connectivity index (χ3n) is 3.40. The maximum atomic E-state index is 13.4. The van der Waals surface area contributed by atoms with Crippen molar-refractivity contribution in [3.05, 3.63) is 76.9 Å². The zero-order chi connectivity index (χ0) is 18.5. The quantitative estimate of drug-likeness (QED) is 0.405. The first-order valence-electron chi connectivity index (χ1n) is 7.50. The average Bonchev–Trinajstić information content (AvgIpc) is 3.09. The van der Waals surface area contributed by atoms with Crippen LogP contribution in [0.2, 0.25) is 0 Å². The number of nitrogens with one attached hydrogen (secondary N) is 1. The lowest BCUT2D eigenvalue weighted by molar-refractivity contribution is -0.383. The van der Waals surface area contributed by atoms with E-state index in [4.69, 9.17) is 0 Å². The number of carbonyl (C=O) groups is 1. The van der Waals surface area contributed by atoms with Gasteiger partial charge in [0.25, 0.3) is 5.69 Å². The highest BCUT2D eigenvalue weighted by atomic mass is 32.2. The summed E-state index contributed by atoms with van der Waals surface area (Å²) in [4.78, 5) is 26.7. The van der Waals surface area contributed by atoms with Crippen molar-refractivity contribution in [2.45, 2.75) is 5.16 Å². The Hall–Kier alpha value is -3.20. The summed E-state index contributed by atoms with van der Waals surface area (Å²) < 4.78 is 15.0. The first-order valence-corrected chi connectivity index (χ1v) is 8.48. The number of nitrogens with zero attached hydrogens (tertiary/aromatic N) is 3. The molecule has 3 aromatic rings.